The first-order valence-electron chi connectivity index (χ1n) is 15.9. The fourth-order valence-corrected chi connectivity index (χ4v) is 6.47. The number of likely N-dealkylation sites (N-methyl/N-ethyl adjacent to an activating group) is 2. The summed E-state index contributed by atoms with van der Waals surface area (Å²) in [5, 5.41) is 6.27. The van der Waals surface area contributed by atoms with Crippen molar-refractivity contribution in [2.75, 3.05) is 96.4 Å². The molecule has 8 heteroatoms. The first kappa shape index (κ1) is 39.7. The average Bonchev–Trinajstić information content (AvgIpc) is 2.86. The van der Waals surface area contributed by atoms with Crippen molar-refractivity contribution >= 4 is 0 Å². The molecule has 2 N–H and O–H groups in total. The second-order valence-corrected chi connectivity index (χ2v) is 13.6. The Bertz CT molecular complexity index is 542. The smallest absolute Gasteiger partial charge is 0.0491 e. The fourth-order valence-electron chi connectivity index (χ4n) is 6.47. The molecule has 0 aromatic rings. The summed E-state index contributed by atoms with van der Waals surface area (Å²) in [6.07, 6.45) is 5.27. The van der Waals surface area contributed by atoms with Crippen molar-refractivity contribution in [3.8, 4) is 0 Å². The third-order valence-electron chi connectivity index (χ3n) is 9.39. The van der Waals surface area contributed by atoms with Crippen LogP contribution in [-0.2, 0) is 4.74 Å². The fraction of sp³-hybridized carbons (Fsp3) is 1.00. The molecule has 0 aliphatic carbocycles. The molecule has 40 heavy (non-hydrogen) atoms. The number of hydrogen-bond acceptors (Lipinski definition) is 8. The Labute approximate surface area is 251 Å². The summed E-state index contributed by atoms with van der Waals surface area (Å²) in [5.41, 5.74) is 0. The Morgan fingerprint density at radius 3 is 1.30 bits per heavy atom. The van der Waals surface area contributed by atoms with Crippen molar-refractivity contribution in [2.24, 2.45) is 11.8 Å². The highest BCUT2D eigenvalue weighted by Crippen LogP contribution is 2.26. The van der Waals surface area contributed by atoms with Crippen molar-refractivity contribution in [1.82, 2.24) is 35.1 Å². The van der Waals surface area contributed by atoms with Crippen LogP contribution in [0.15, 0.2) is 0 Å². The molecule has 3 rings (SSSR count). The Morgan fingerprint density at radius 1 is 0.625 bits per heavy atom. The van der Waals surface area contributed by atoms with E-state index in [9.17, 15) is 0 Å². The first-order valence-corrected chi connectivity index (χ1v) is 15.9. The maximum Gasteiger partial charge on any atom is 0.0491 e. The Hall–Kier alpha value is -0.320. The third-order valence-corrected chi connectivity index (χ3v) is 9.39. The van der Waals surface area contributed by atoms with Crippen LogP contribution in [0.3, 0.4) is 0 Å². The minimum Gasteiger partial charge on any atom is -0.384 e. The van der Waals surface area contributed by atoms with Gasteiger partial charge in [-0.3, -0.25) is 9.80 Å². The first-order chi connectivity index (χ1) is 18.7. The SMILES string of the molecule is CC1CN(C)CC(C)N1C.CNCC1CC(C)N(C)C(C)C1.CNCN(C)C.COCC1CC(C)N(C)C(C)C1. The van der Waals surface area contributed by atoms with Crippen LogP contribution in [0.1, 0.15) is 67.2 Å². The van der Waals surface area contributed by atoms with E-state index in [0.29, 0.717) is 24.2 Å². The minimum absolute atomic E-state index is 0.716. The lowest BCUT2D eigenvalue weighted by Crippen LogP contribution is -2.53. The van der Waals surface area contributed by atoms with Crippen LogP contribution in [-0.4, -0.2) is 157 Å². The monoisotopic (exact) mass is 572 g/mol. The second-order valence-electron chi connectivity index (χ2n) is 13.6. The van der Waals surface area contributed by atoms with Crippen molar-refractivity contribution in [3.05, 3.63) is 0 Å². The topological polar surface area (TPSA) is 49.5 Å². The van der Waals surface area contributed by atoms with E-state index in [-0.39, 0.29) is 0 Å². The molecule has 3 heterocycles. The van der Waals surface area contributed by atoms with Gasteiger partial charge >= 0.3 is 0 Å². The van der Waals surface area contributed by atoms with E-state index in [0.717, 1.165) is 37.2 Å². The molecule has 3 aliphatic heterocycles. The summed E-state index contributed by atoms with van der Waals surface area (Å²) in [6.45, 7) is 19.3. The van der Waals surface area contributed by atoms with Gasteiger partial charge in [0.2, 0.25) is 0 Å². The van der Waals surface area contributed by atoms with Gasteiger partial charge in [0, 0.05) is 69.7 Å². The molecule has 8 nitrogen and oxygen atoms in total. The van der Waals surface area contributed by atoms with Gasteiger partial charge in [-0.25, -0.2) is 0 Å². The molecule has 3 saturated heterocycles. The molecular formula is C32H73N7O. The van der Waals surface area contributed by atoms with Crippen molar-refractivity contribution in [2.45, 2.75) is 103 Å². The molecule has 0 aromatic carbocycles. The normalized spacial score (nSPS) is 34.2. The molecule has 242 valence electrons. The summed E-state index contributed by atoms with van der Waals surface area (Å²) in [7, 11) is 18.7. The Kier molecular flexibility index (Phi) is 21.2. The van der Waals surface area contributed by atoms with E-state index in [4.69, 9.17) is 4.74 Å². The third kappa shape index (κ3) is 15.8. The lowest BCUT2D eigenvalue weighted by atomic mass is 9.87. The molecule has 6 atom stereocenters. The number of piperidine rings is 2. The van der Waals surface area contributed by atoms with Gasteiger partial charge in [0.15, 0.2) is 0 Å². The number of likely N-dealkylation sites (tertiary alicyclic amines) is 2. The number of hydrogen-bond donors (Lipinski definition) is 2. The van der Waals surface area contributed by atoms with Crippen LogP contribution in [0.4, 0.5) is 0 Å². The summed E-state index contributed by atoms with van der Waals surface area (Å²) >= 11 is 0. The highest BCUT2D eigenvalue weighted by Gasteiger charge is 2.28. The highest BCUT2D eigenvalue weighted by atomic mass is 16.5. The summed E-state index contributed by atoms with van der Waals surface area (Å²) in [4.78, 5) is 11.9. The summed E-state index contributed by atoms with van der Waals surface area (Å²) in [6, 6.07) is 4.38. The molecule has 3 aliphatic rings. The predicted octanol–water partition coefficient (Wildman–Crippen LogP) is 3.44. The number of ether oxygens (including phenoxy) is 1. The molecule has 0 saturated carbocycles. The standard InChI is InChI=1S/C10H22N2.C10H21NO.C8H18N2.C4H12N2/c1-8-5-10(7-11-3)6-9(2)12(8)4;1-8-5-10(7-12-4)6-9(2)11(8)3;1-7-5-9(3)6-8(2)10(7)4;1-5-4-6(2)3/h8-11H,5-7H2,1-4H3;8-10H,5-7H2,1-4H3;7-8H,5-6H2,1-4H3;5H,4H2,1-3H3. The van der Waals surface area contributed by atoms with E-state index in [2.05, 4.69) is 105 Å². The van der Waals surface area contributed by atoms with Crippen molar-refractivity contribution < 1.29 is 4.74 Å². The molecule has 0 radical (unpaired) electrons. The van der Waals surface area contributed by atoms with E-state index < -0.39 is 0 Å². The maximum atomic E-state index is 5.19. The van der Waals surface area contributed by atoms with Gasteiger partial charge in [0.1, 0.15) is 0 Å². The number of piperazine rings is 1. The lowest BCUT2D eigenvalue weighted by molar-refractivity contribution is 0.0518. The molecule has 3 fully saturated rings. The summed E-state index contributed by atoms with van der Waals surface area (Å²) in [5.74, 6) is 1.66. The quantitative estimate of drug-likeness (QED) is 0.471. The zero-order chi connectivity index (χ0) is 31.0. The van der Waals surface area contributed by atoms with Gasteiger partial charge in [-0.15, -0.1) is 0 Å². The Morgan fingerprint density at radius 2 is 1.00 bits per heavy atom. The number of nitrogens with zero attached hydrogens (tertiary/aromatic N) is 5. The van der Waals surface area contributed by atoms with E-state index in [1.54, 1.807) is 7.11 Å². The molecule has 0 aromatic heterocycles. The second kappa shape index (κ2) is 21.4. The van der Waals surface area contributed by atoms with Crippen molar-refractivity contribution in [1.29, 1.82) is 0 Å². The van der Waals surface area contributed by atoms with E-state index in [1.165, 1.54) is 45.3 Å². The molecule has 0 bridgehead atoms. The maximum absolute atomic E-state index is 5.19. The van der Waals surface area contributed by atoms with Gasteiger partial charge in [0.25, 0.3) is 0 Å². The molecule has 0 spiro atoms. The van der Waals surface area contributed by atoms with E-state index in [1.807, 2.05) is 28.2 Å². The van der Waals surface area contributed by atoms with Crippen LogP contribution >= 0.6 is 0 Å². The predicted molar refractivity (Wildman–Crippen MR) is 176 cm³/mol. The number of nitrogens with one attached hydrogen (secondary N) is 2. The van der Waals surface area contributed by atoms with E-state index >= 15 is 0 Å². The van der Waals surface area contributed by atoms with Gasteiger partial charge in [-0.1, -0.05) is 0 Å². The molecular weight excluding hydrogens is 498 g/mol. The lowest BCUT2D eigenvalue weighted by Gasteiger charge is -2.40. The highest BCUT2D eigenvalue weighted by molar-refractivity contribution is 4.83. The number of methoxy groups -OCH3 is 1. The van der Waals surface area contributed by atoms with Gasteiger partial charge in [-0.05, 0) is 142 Å². The zero-order valence-electron chi connectivity index (χ0n) is 29.6. The largest absolute Gasteiger partial charge is 0.384 e. The number of rotatable bonds is 6. The Balaban J connectivity index is 0.000000522. The van der Waals surface area contributed by atoms with Crippen LogP contribution in [0.2, 0.25) is 0 Å². The van der Waals surface area contributed by atoms with Crippen LogP contribution in [0.5, 0.6) is 0 Å². The van der Waals surface area contributed by atoms with Gasteiger partial charge in [0.05, 0.1) is 0 Å². The molecule has 0 amide bonds. The minimum atomic E-state index is 0.716. The molecule has 6 unspecified atom stereocenters. The van der Waals surface area contributed by atoms with Crippen LogP contribution < -0.4 is 10.6 Å². The van der Waals surface area contributed by atoms with Gasteiger partial charge < -0.3 is 30.1 Å². The summed E-state index contributed by atoms with van der Waals surface area (Å²) < 4.78 is 5.19. The zero-order valence-corrected chi connectivity index (χ0v) is 29.6. The van der Waals surface area contributed by atoms with Crippen LogP contribution in [0.25, 0.3) is 0 Å². The van der Waals surface area contributed by atoms with Gasteiger partial charge in [-0.2, -0.15) is 0 Å². The van der Waals surface area contributed by atoms with Crippen LogP contribution in [0, 0.1) is 11.8 Å². The van der Waals surface area contributed by atoms with Crippen molar-refractivity contribution in [3.63, 3.8) is 0 Å². The average molecular weight is 572 g/mol.